The van der Waals surface area contributed by atoms with Gasteiger partial charge in [-0.1, -0.05) is 17.6 Å². The Balaban J connectivity index is 1.51. The van der Waals surface area contributed by atoms with Gasteiger partial charge in [0, 0.05) is 11.5 Å². The second-order valence-corrected chi connectivity index (χ2v) is 10.3. The summed E-state index contributed by atoms with van der Waals surface area (Å²) in [5.41, 5.74) is 5.61. The number of nitriles is 1. The molecule has 8 heteroatoms. The standard InChI is InChI=1S/C28H35NO7/c1-34-27(23-16-6-4-8-20(23)19-7-3-2-5-15(19)11-16)17-9-10-18(13-29)21(12-17)35-28-26(33)25(32)24(31)22(14-30)36-28/h9-10,12,16,20,22,24-26,28,30-33H,2-8,11,14H2,1H3/t16?,20?,22?,24-,25?,26+,28-/m1/s1. The van der Waals surface area contributed by atoms with E-state index in [4.69, 9.17) is 14.2 Å². The summed E-state index contributed by atoms with van der Waals surface area (Å²) >= 11 is 0. The van der Waals surface area contributed by atoms with Crippen LogP contribution in [-0.2, 0) is 9.47 Å². The fourth-order valence-corrected chi connectivity index (χ4v) is 6.57. The summed E-state index contributed by atoms with van der Waals surface area (Å²) < 4.78 is 17.4. The molecule has 1 saturated heterocycles. The zero-order valence-corrected chi connectivity index (χ0v) is 20.6. The van der Waals surface area contributed by atoms with Crippen molar-refractivity contribution in [1.82, 2.24) is 0 Å². The third-order valence-corrected chi connectivity index (χ3v) is 8.32. The number of nitrogens with zero attached hydrogens (tertiary/aromatic N) is 1. The van der Waals surface area contributed by atoms with E-state index in [1.54, 1.807) is 30.4 Å². The summed E-state index contributed by atoms with van der Waals surface area (Å²) in [7, 11) is 1.68. The highest BCUT2D eigenvalue weighted by Gasteiger charge is 2.45. The van der Waals surface area contributed by atoms with Crippen molar-refractivity contribution in [2.24, 2.45) is 11.8 Å². The molecule has 2 fully saturated rings. The maximum atomic E-state index is 10.4. The molecule has 1 saturated carbocycles. The summed E-state index contributed by atoms with van der Waals surface area (Å²) in [6.07, 6.45) is 2.39. The molecular weight excluding hydrogens is 462 g/mol. The van der Waals surface area contributed by atoms with Crippen molar-refractivity contribution in [3.8, 4) is 11.8 Å². The summed E-state index contributed by atoms with van der Waals surface area (Å²) in [6.45, 7) is -0.559. The van der Waals surface area contributed by atoms with Crippen LogP contribution >= 0.6 is 0 Å². The second kappa shape index (κ2) is 10.5. The van der Waals surface area contributed by atoms with Crippen molar-refractivity contribution < 1.29 is 34.6 Å². The summed E-state index contributed by atoms with van der Waals surface area (Å²) in [6, 6.07) is 7.32. The van der Waals surface area contributed by atoms with Crippen molar-refractivity contribution in [2.45, 2.75) is 82.1 Å². The normalized spacial score (nSPS) is 35.5. The van der Waals surface area contributed by atoms with Gasteiger partial charge in [-0.15, -0.1) is 0 Å². The van der Waals surface area contributed by atoms with Crippen molar-refractivity contribution in [1.29, 1.82) is 5.26 Å². The lowest BCUT2D eigenvalue weighted by Gasteiger charge is -2.43. The Morgan fingerprint density at radius 2 is 1.89 bits per heavy atom. The van der Waals surface area contributed by atoms with Gasteiger partial charge in [-0.05, 0) is 74.6 Å². The smallest absolute Gasteiger partial charge is 0.229 e. The van der Waals surface area contributed by atoms with E-state index in [1.807, 2.05) is 6.07 Å². The monoisotopic (exact) mass is 497 g/mol. The van der Waals surface area contributed by atoms with Crippen LogP contribution in [0.25, 0.3) is 5.76 Å². The fourth-order valence-electron chi connectivity index (χ4n) is 6.57. The van der Waals surface area contributed by atoms with Gasteiger partial charge in [0.25, 0.3) is 0 Å². The van der Waals surface area contributed by atoms with E-state index in [9.17, 15) is 25.7 Å². The third kappa shape index (κ3) is 4.44. The van der Waals surface area contributed by atoms with Crippen LogP contribution in [0.5, 0.6) is 5.75 Å². The van der Waals surface area contributed by atoms with Gasteiger partial charge in [-0.25, -0.2) is 0 Å². The minimum atomic E-state index is -1.56. The molecule has 8 nitrogen and oxygen atoms in total. The van der Waals surface area contributed by atoms with Crippen molar-refractivity contribution in [3.05, 3.63) is 46.0 Å². The molecule has 2 bridgehead atoms. The first-order valence-electron chi connectivity index (χ1n) is 13.0. The Labute approximate surface area is 211 Å². The summed E-state index contributed by atoms with van der Waals surface area (Å²) in [5.74, 6) is 1.83. The maximum Gasteiger partial charge on any atom is 0.229 e. The molecule has 194 valence electrons. The first-order chi connectivity index (χ1) is 17.5. The lowest BCUT2D eigenvalue weighted by Crippen LogP contribution is -2.60. The van der Waals surface area contributed by atoms with Gasteiger partial charge in [-0.3, -0.25) is 0 Å². The molecule has 1 aromatic rings. The van der Waals surface area contributed by atoms with E-state index < -0.39 is 37.3 Å². The van der Waals surface area contributed by atoms with Crippen LogP contribution in [0.4, 0.5) is 0 Å². The number of aliphatic hydroxyl groups excluding tert-OH is 4. The topological polar surface area (TPSA) is 132 Å². The lowest BCUT2D eigenvalue weighted by molar-refractivity contribution is -0.277. The van der Waals surface area contributed by atoms with Gasteiger partial charge in [0.1, 0.15) is 42.0 Å². The minimum Gasteiger partial charge on any atom is -0.496 e. The first-order valence-corrected chi connectivity index (χ1v) is 13.0. The molecule has 5 rings (SSSR count). The molecule has 7 atom stereocenters. The lowest BCUT2D eigenvalue weighted by atomic mass is 9.62. The van der Waals surface area contributed by atoms with Crippen molar-refractivity contribution in [2.75, 3.05) is 13.7 Å². The van der Waals surface area contributed by atoms with E-state index in [0.29, 0.717) is 11.8 Å². The van der Waals surface area contributed by atoms with Crippen LogP contribution in [0, 0.1) is 23.2 Å². The van der Waals surface area contributed by atoms with Gasteiger partial charge in [0.05, 0.1) is 19.3 Å². The Hall–Kier alpha value is -2.41. The predicted molar refractivity (Wildman–Crippen MR) is 130 cm³/mol. The number of aliphatic hydroxyl groups is 4. The molecule has 4 aliphatic rings. The quantitative estimate of drug-likeness (QED) is 0.361. The van der Waals surface area contributed by atoms with Crippen LogP contribution in [0.3, 0.4) is 0 Å². The Kier molecular flexibility index (Phi) is 7.38. The third-order valence-electron chi connectivity index (χ3n) is 8.32. The van der Waals surface area contributed by atoms with Crippen molar-refractivity contribution >= 4 is 5.76 Å². The molecule has 36 heavy (non-hydrogen) atoms. The number of hydrogen-bond acceptors (Lipinski definition) is 8. The number of allylic oxidation sites excluding steroid dienone is 3. The number of rotatable bonds is 5. The van der Waals surface area contributed by atoms with Gasteiger partial charge in [0.15, 0.2) is 0 Å². The molecular formula is C28H35NO7. The van der Waals surface area contributed by atoms with E-state index in [1.165, 1.54) is 31.3 Å². The fraction of sp³-hybridized carbons (Fsp3) is 0.607. The molecule has 0 spiro atoms. The largest absolute Gasteiger partial charge is 0.496 e. The van der Waals surface area contributed by atoms with E-state index in [-0.39, 0.29) is 11.3 Å². The Bertz CT molecular complexity index is 1090. The number of methoxy groups -OCH3 is 1. The molecule has 0 aromatic heterocycles. The van der Waals surface area contributed by atoms with Crippen LogP contribution in [0.2, 0.25) is 0 Å². The SMILES string of the molecule is COC(=C1C2CCCC1C1=C(CCCC1)C2)c1ccc(C#N)c(O[C@@H]2OC(CO)[C@@H](O)C(O)[C@@H]2O)c1. The zero-order valence-electron chi connectivity index (χ0n) is 20.6. The number of fused-ring (bicyclic) bond motifs is 3. The molecule has 4 N–H and O–H groups in total. The van der Waals surface area contributed by atoms with Gasteiger partial charge in [0.2, 0.25) is 6.29 Å². The van der Waals surface area contributed by atoms with Gasteiger partial charge in [-0.2, -0.15) is 5.26 Å². The van der Waals surface area contributed by atoms with Crippen molar-refractivity contribution in [3.63, 3.8) is 0 Å². The first kappa shape index (κ1) is 25.2. The molecule has 0 amide bonds. The maximum absolute atomic E-state index is 10.4. The van der Waals surface area contributed by atoms with Gasteiger partial charge >= 0.3 is 0 Å². The minimum absolute atomic E-state index is 0.174. The number of benzene rings is 1. The van der Waals surface area contributed by atoms with E-state index in [2.05, 4.69) is 6.07 Å². The predicted octanol–water partition coefficient (Wildman–Crippen LogP) is 2.79. The highest BCUT2D eigenvalue weighted by atomic mass is 16.7. The molecule has 1 heterocycles. The number of hydrogen-bond donors (Lipinski definition) is 4. The Morgan fingerprint density at radius 1 is 1.08 bits per heavy atom. The van der Waals surface area contributed by atoms with E-state index >= 15 is 0 Å². The Morgan fingerprint density at radius 3 is 2.64 bits per heavy atom. The highest BCUT2D eigenvalue weighted by molar-refractivity contribution is 5.68. The molecule has 0 radical (unpaired) electrons. The summed E-state index contributed by atoms with van der Waals surface area (Å²) in [4.78, 5) is 0. The van der Waals surface area contributed by atoms with Crippen LogP contribution in [0.1, 0.15) is 62.5 Å². The number of ether oxygens (including phenoxy) is 3. The molecule has 4 unspecified atom stereocenters. The molecule has 1 aliphatic heterocycles. The highest BCUT2D eigenvalue weighted by Crippen LogP contribution is 2.53. The van der Waals surface area contributed by atoms with E-state index in [0.717, 1.165) is 37.0 Å². The van der Waals surface area contributed by atoms with Crippen LogP contribution in [-0.4, -0.2) is 64.8 Å². The zero-order chi connectivity index (χ0) is 25.4. The van der Waals surface area contributed by atoms with Gasteiger partial charge < -0.3 is 34.6 Å². The second-order valence-electron chi connectivity index (χ2n) is 10.3. The molecule has 1 aromatic carbocycles. The summed E-state index contributed by atoms with van der Waals surface area (Å²) in [5, 5.41) is 49.8. The average Bonchev–Trinajstić information content (AvgIpc) is 2.90. The van der Waals surface area contributed by atoms with Crippen LogP contribution < -0.4 is 4.74 Å². The molecule has 3 aliphatic carbocycles. The van der Waals surface area contributed by atoms with Crippen LogP contribution in [0.15, 0.2) is 34.9 Å². The average molecular weight is 498 g/mol.